The zero-order valence-corrected chi connectivity index (χ0v) is 25.7. The first-order valence-electron chi connectivity index (χ1n) is 12.3. The van der Waals surface area contributed by atoms with Crippen molar-refractivity contribution in [2.24, 2.45) is 0 Å². The first-order valence-corrected chi connectivity index (χ1v) is 15.3. The first-order chi connectivity index (χ1) is 18.4. The lowest BCUT2D eigenvalue weighted by atomic mass is 10.1. The third-order valence-corrected chi connectivity index (χ3v) is 9.06. The lowest BCUT2D eigenvalue weighted by Gasteiger charge is -2.32. The Bertz CT molecular complexity index is 1430. The van der Waals surface area contributed by atoms with Crippen molar-refractivity contribution in [1.82, 2.24) is 10.2 Å². The number of aryl methyl sites for hydroxylation is 1. The molecule has 3 aromatic rings. The summed E-state index contributed by atoms with van der Waals surface area (Å²) < 4.78 is 29.4. The van der Waals surface area contributed by atoms with E-state index in [2.05, 4.69) is 21.2 Å². The molecule has 39 heavy (non-hydrogen) atoms. The maximum absolute atomic E-state index is 13.9. The van der Waals surface area contributed by atoms with Crippen molar-refractivity contribution >= 4 is 66.7 Å². The molecule has 0 spiro atoms. The van der Waals surface area contributed by atoms with Crippen LogP contribution in [0, 0.1) is 6.92 Å². The topological polar surface area (TPSA) is 86.8 Å². The molecule has 0 aromatic heterocycles. The van der Waals surface area contributed by atoms with Crippen LogP contribution in [0.2, 0.25) is 10.0 Å². The second-order valence-corrected chi connectivity index (χ2v) is 12.6. The average Bonchev–Trinajstić information content (AvgIpc) is 2.90. The van der Waals surface area contributed by atoms with E-state index >= 15 is 0 Å². The second kappa shape index (κ2) is 13.7. The molecule has 2 amide bonds. The number of sulfonamides is 1. The van der Waals surface area contributed by atoms with E-state index in [1.807, 2.05) is 13.8 Å². The number of nitrogens with one attached hydrogen (secondary N) is 1. The van der Waals surface area contributed by atoms with E-state index in [9.17, 15) is 18.0 Å². The number of hydrogen-bond acceptors (Lipinski definition) is 4. The van der Waals surface area contributed by atoms with Gasteiger partial charge in [-0.2, -0.15) is 0 Å². The highest BCUT2D eigenvalue weighted by molar-refractivity contribution is 9.10. The van der Waals surface area contributed by atoms with E-state index in [0.717, 1.165) is 16.3 Å². The maximum atomic E-state index is 13.9. The molecule has 0 fully saturated rings. The number of hydrogen-bond donors (Lipinski definition) is 1. The van der Waals surface area contributed by atoms with E-state index in [0.29, 0.717) is 32.3 Å². The number of anilines is 1. The van der Waals surface area contributed by atoms with Crippen molar-refractivity contribution in [1.29, 1.82) is 0 Å². The molecule has 3 rings (SSSR count). The fourth-order valence-electron chi connectivity index (χ4n) is 3.81. The van der Waals surface area contributed by atoms with Gasteiger partial charge in [-0.05, 0) is 68.3 Å². The summed E-state index contributed by atoms with van der Waals surface area (Å²) in [6.45, 7) is 5.34. The number of benzene rings is 3. The van der Waals surface area contributed by atoms with Gasteiger partial charge in [0.15, 0.2) is 0 Å². The molecule has 0 radical (unpaired) electrons. The van der Waals surface area contributed by atoms with Crippen molar-refractivity contribution in [2.45, 2.75) is 44.7 Å². The maximum Gasteiger partial charge on any atom is 0.264 e. The van der Waals surface area contributed by atoms with Gasteiger partial charge < -0.3 is 10.2 Å². The quantitative estimate of drug-likeness (QED) is 0.267. The molecular weight excluding hydrogens is 625 g/mol. The molecule has 0 aliphatic carbocycles. The summed E-state index contributed by atoms with van der Waals surface area (Å²) in [6, 6.07) is 17.2. The van der Waals surface area contributed by atoms with Crippen LogP contribution in [0.25, 0.3) is 0 Å². The third-order valence-electron chi connectivity index (χ3n) is 6.04. The highest BCUT2D eigenvalue weighted by atomic mass is 79.9. The van der Waals surface area contributed by atoms with Crippen LogP contribution in [0.15, 0.2) is 76.1 Å². The molecule has 1 unspecified atom stereocenters. The largest absolute Gasteiger partial charge is 0.354 e. The molecule has 0 aliphatic heterocycles. The fourth-order valence-corrected chi connectivity index (χ4v) is 5.92. The fraction of sp³-hybridized carbons (Fsp3) is 0.286. The smallest absolute Gasteiger partial charge is 0.264 e. The Kier molecular flexibility index (Phi) is 10.8. The van der Waals surface area contributed by atoms with Gasteiger partial charge in [-0.25, -0.2) is 8.42 Å². The normalized spacial score (nSPS) is 12.1. The summed E-state index contributed by atoms with van der Waals surface area (Å²) in [5, 5.41) is 3.48. The predicted octanol–water partition coefficient (Wildman–Crippen LogP) is 6.20. The van der Waals surface area contributed by atoms with Gasteiger partial charge in [-0.3, -0.25) is 13.9 Å². The van der Waals surface area contributed by atoms with Crippen LogP contribution in [-0.2, 0) is 26.2 Å². The zero-order chi connectivity index (χ0) is 28.7. The van der Waals surface area contributed by atoms with Gasteiger partial charge in [0.25, 0.3) is 10.0 Å². The Balaban J connectivity index is 2.03. The number of rotatable bonds is 11. The van der Waals surface area contributed by atoms with Crippen molar-refractivity contribution in [3.05, 3.63) is 92.4 Å². The molecule has 0 saturated carbocycles. The molecule has 3 aromatic carbocycles. The van der Waals surface area contributed by atoms with E-state index in [1.165, 1.54) is 17.0 Å². The van der Waals surface area contributed by atoms with E-state index in [1.54, 1.807) is 61.5 Å². The SMILES string of the molecule is CCCNC(=O)C(C)N(Cc1ccc(Cl)c(Cl)c1)C(=O)CN(c1cccc(Br)c1)S(=O)(=O)c1ccc(C)cc1. The molecular formula is C28H30BrCl2N3O4S. The number of carbonyl (C=O) groups excluding carboxylic acids is 2. The minimum absolute atomic E-state index is 0.0212. The summed E-state index contributed by atoms with van der Waals surface area (Å²) in [4.78, 5) is 28.2. The summed E-state index contributed by atoms with van der Waals surface area (Å²) in [5.74, 6) is -0.906. The van der Waals surface area contributed by atoms with E-state index in [-0.39, 0.29) is 17.3 Å². The van der Waals surface area contributed by atoms with Gasteiger partial charge in [0, 0.05) is 17.6 Å². The Morgan fingerprint density at radius 3 is 2.31 bits per heavy atom. The van der Waals surface area contributed by atoms with Crippen LogP contribution in [0.1, 0.15) is 31.4 Å². The van der Waals surface area contributed by atoms with Gasteiger partial charge in [0.2, 0.25) is 11.8 Å². The van der Waals surface area contributed by atoms with Gasteiger partial charge in [0.1, 0.15) is 12.6 Å². The van der Waals surface area contributed by atoms with Crippen molar-refractivity contribution in [3.63, 3.8) is 0 Å². The van der Waals surface area contributed by atoms with Crippen molar-refractivity contribution in [3.8, 4) is 0 Å². The minimum atomic E-state index is -4.14. The van der Waals surface area contributed by atoms with Crippen LogP contribution in [-0.4, -0.2) is 44.3 Å². The van der Waals surface area contributed by atoms with Gasteiger partial charge in [0.05, 0.1) is 20.6 Å². The van der Waals surface area contributed by atoms with Crippen LogP contribution in [0.5, 0.6) is 0 Å². The highest BCUT2D eigenvalue weighted by Crippen LogP contribution is 2.28. The van der Waals surface area contributed by atoms with Crippen LogP contribution < -0.4 is 9.62 Å². The number of carbonyl (C=O) groups is 2. The van der Waals surface area contributed by atoms with Gasteiger partial charge in [-0.1, -0.05) is 75.9 Å². The summed E-state index contributed by atoms with van der Waals surface area (Å²) >= 11 is 15.7. The molecule has 0 saturated heterocycles. The van der Waals surface area contributed by atoms with Crippen LogP contribution in [0.3, 0.4) is 0 Å². The lowest BCUT2D eigenvalue weighted by Crippen LogP contribution is -2.51. The Hall–Kier alpha value is -2.59. The monoisotopic (exact) mass is 653 g/mol. The summed E-state index contributed by atoms with van der Waals surface area (Å²) in [6.07, 6.45) is 0.727. The Labute approximate surface area is 248 Å². The van der Waals surface area contributed by atoms with E-state index < -0.39 is 28.5 Å². The molecule has 7 nitrogen and oxygen atoms in total. The zero-order valence-electron chi connectivity index (χ0n) is 21.8. The van der Waals surface area contributed by atoms with Crippen LogP contribution >= 0.6 is 39.1 Å². The van der Waals surface area contributed by atoms with E-state index in [4.69, 9.17) is 23.2 Å². The number of nitrogens with zero attached hydrogens (tertiary/aromatic N) is 2. The highest BCUT2D eigenvalue weighted by Gasteiger charge is 2.32. The Morgan fingerprint density at radius 1 is 1.00 bits per heavy atom. The molecule has 1 N–H and O–H groups in total. The molecule has 11 heteroatoms. The second-order valence-electron chi connectivity index (χ2n) is 9.04. The average molecular weight is 655 g/mol. The standard InChI is InChI=1S/C28H30BrCl2N3O4S/c1-4-14-32-28(36)20(3)33(17-21-10-13-25(30)26(31)15-21)27(35)18-34(23-7-5-6-22(29)16-23)39(37,38)24-11-8-19(2)9-12-24/h5-13,15-16,20H,4,14,17-18H2,1-3H3,(H,32,36). The molecule has 0 bridgehead atoms. The predicted molar refractivity (Wildman–Crippen MR) is 160 cm³/mol. The number of amides is 2. The number of halogens is 3. The van der Waals surface area contributed by atoms with Crippen LogP contribution in [0.4, 0.5) is 5.69 Å². The van der Waals surface area contributed by atoms with Crippen molar-refractivity contribution in [2.75, 3.05) is 17.4 Å². The minimum Gasteiger partial charge on any atom is -0.354 e. The molecule has 1 atom stereocenters. The van der Waals surface area contributed by atoms with Gasteiger partial charge >= 0.3 is 0 Å². The lowest BCUT2D eigenvalue weighted by molar-refractivity contribution is -0.139. The molecule has 0 heterocycles. The summed E-state index contributed by atoms with van der Waals surface area (Å²) in [7, 11) is -4.14. The summed E-state index contributed by atoms with van der Waals surface area (Å²) in [5.41, 5.74) is 1.85. The first kappa shape index (κ1) is 30.9. The molecule has 208 valence electrons. The van der Waals surface area contributed by atoms with Crippen molar-refractivity contribution < 1.29 is 18.0 Å². The third kappa shape index (κ3) is 7.97. The Morgan fingerprint density at radius 2 is 1.69 bits per heavy atom. The van der Waals surface area contributed by atoms with Gasteiger partial charge in [-0.15, -0.1) is 0 Å². The molecule has 0 aliphatic rings.